The lowest BCUT2D eigenvalue weighted by molar-refractivity contribution is 0.400. The normalized spacial score (nSPS) is 21.2. The van der Waals surface area contributed by atoms with Gasteiger partial charge in [-0.2, -0.15) is 0 Å². The SMILES string of the molecule is CC1(C)CC(C)(C)c2nc3c[nH]cc3cc21. The average Bonchev–Trinajstić information content (AvgIpc) is 2.66. The van der Waals surface area contributed by atoms with Crippen molar-refractivity contribution in [1.82, 2.24) is 9.97 Å². The van der Waals surface area contributed by atoms with Gasteiger partial charge in [0.2, 0.25) is 0 Å². The number of nitrogens with one attached hydrogen (secondary N) is 1. The Morgan fingerprint density at radius 3 is 2.62 bits per heavy atom. The Labute approximate surface area is 96.1 Å². The van der Waals surface area contributed by atoms with Crippen molar-refractivity contribution in [2.45, 2.75) is 44.9 Å². The molecule has 2 aromatic heterocycles. The third kappa shape index (κ3) is 1.16. The molecular weight excluding hydrogens is 196 g/mol. The number of hydrogen-bond acceptors (Lipinski definition) is 1. The predicted molar refractivity (Wildman–Crippen MR) is 66.8 cm³/mol. The van der Waals surface area contributed by atoms with Crippen molar-refractivity contribution in [2.75, 3.05) is 0 Å². The van der Waals surface area contributed by atoms with Crippen LogP contribution in [0.4, 0.5) is 0 Å². The van der Waals surface area contributed by atoms with Crippen LogP contribution in [0, 0.1) is 0 Å². The van der Waals surface area contributed by atoms with Crippen LogP contribution >= 0.6 is 0 Å². The van der Waals surface area contributed by atoms with Gasteiger partial charge < -0.3 is 4.98 Å². The Kier molecular flexibility index (Phi) is 1.65. The summed E-state index contributed by atoms with van der Waals surface area (Å²) >= 11 is 0. The summed E-state index contributed by atoms with van der Waals surface area (Å²) in [6.45, 7) is 9.24. The maximum absolute atomic E-state index is 4.83. The van der Waals surface area contributed by atoms with E-state index in [4.69, 9.17) is 4.98 Å². The molecule has 1 aliphatic carbocycles. The third-order valence-corrected chi connectivity index (χ3v) is 3.80. The molecule has 2 nitrogen and oxygen atoms in total. The molecule has 0 unspecified atom stereocenters. The van der Waals surface area contributed by atoms with E-state index in [9.17, 15) is 0 Å². The van der Waals surface area contributed by atoms with Gasteiger partial charge in [-0.25, -0.2) is 0 Å². The molecule has 84 valence electrons. The summed E-state index contributed by atoms with van der Waals surface area (Å²) in [6.07, 6.45) is 5.19. The minimum Gasteiger partial charge on any atom is -0.365 e. The highest BCUT2D eigenvalue weighted by Crippen LogP contribution is 2.48. The molecule has 0 amide bonds. The van der Waals surface area contributed by atoms with Gasteiger partial charge in [0.25, 0.3) is 0 Å². The summed E-state index contributed by atoms with van der Waals surface area (Å²) in [5.74, 6) is 0. The molecule has 1 N–H and O–H groups in total. The van der Waals surface area contributed by atoms with E-state index in [1.54, 1.807) is 0 Å². The van der Waals surface area contributed by atoms with Crippen LogP contribution in [0.2, 0.25) is 0 Å². The van der Waals surface area contributed by atoms with Gasteiger partial charge >= 0.3 is 0 Å². The second-order valence-electron chi connectivity index (χ2n) is 6.26. The monoisotopic (exact) mass is 214 g/mol. The Hall–Kier alpha value is -1.31. The fourth-order valence-electron chi connectivity index (χ4n) is 3.30. The van der Waals surface area contributed by atoms with Crippen LogP contribution in [0.15, 0.2) is 18.5 Å². The summed E-state index contributed by atoms with van der Waals surface area (Å²) in [6, 6.07) is 2.31. The first-order valence-corrected chi connectivity index (χ1v) is 5.89. The maximum atomic E-state index is 4.83. The smallest absolute Gasteiger partial charge is 0.0880 e. The van der Waals surface area contributed by atoms with E-state index in [0.717, 1.165) is 5.52 Å². The molecule has 0 radical (unpaired) electrons. The van der Waals surface area contributed by atoms with E-state index in [1.807, 2.05) is 12.4 Å². The molecule has 0 saturated heterocycles. The molecule has 0 aromatic carbocycles. The fraction of sp³-hybridized carbons (Fsp3) is 0.500. The van der Waals surface area contributed by atoms with Crippen LogP contribution in [0.5, 0.6) is 0 Å². The highest BCUT2D eigenvalue weighted by molar-refractivity contribution is 5.80. The largest absolute Gasteiger partial charge is 0.365 e. The number of H-pyrrole nitrogens is 1. The summed E-state index contributed by atoms with van der Waals surface area (Å²) in [5, 5.41) is 1.23. The van der Waals surface area contributed by atoms with Crippen LogP contribution in [-0.2, 0) is 10.8 Å². The quantitative estimate of drug-likeness (QED) is 0.714. The van der Waals surface area contributed by atoms with Crippen molar-refractivity contribution in [1.29, 1.82) is 0 Å². The fourth-order valence-corrected chi connectivity index (χ4v) is 3.30. The Morgan fingerprint density at radius 2 is 1.88 bits per heavy atom. The number of hydrogen-bond donors (Lipinski definition) is 1. The van der Waals surface area contributed by atoms with Crippen molar-refractivity contribution in [2.24, 2.45) is 0 Å². The zero-order chi connectivity index (χ0) is 11.6. The summed E-state index contributed by atoms with van der Waals surface area (Å²) in [5.41, 5.74) is 4.24. The Bertz CT molecular complexity index is 513. The van der Waals surface area contributed by atoms with Gasteiger partial charge in [-0.05, 0) is 23.5 Å². The first-order valence-electron chi connectivity index (χ1n) is 5.89. The molecule has 2 heteroatoms. The zero-order valence-electron chi connectivity index (χ0n) is 10.4. The van der Waals surface area contributed by atoms with Crippen LogP contribution in [0.25, 0.3) is 10.9 Å². The van der Waals surface area contributed by atoms with Gasteiger partial charge in [0, 0.05) is 23.2 Å². The van der Waals surface area contributed by atoms with Crippen LogP contribution in [0.1, 0.15) is 45.4 Å². The molecule has 0 saturated carbocycles. The highest BCUT2D eigenvalue weighted by atomic mass is 14.8. The van der Waals surface area contributed by atoms with E-state index in [0.29, 0.717) is 0 Å². The second-order valence-corrected chi connectivity index (χ2v) is 6.26. The minimum atomic E-state index is 0.199. The van der Waals surface area contributed by atoms with Crippen LogP contribution in [-0.4, -0.2) is 9.97 Å². The second kappa shape index (κ2) is 2.68. The van der Waals surface area contributed by atoms with Gasteiger partial charge in [0.1, 0.15) is 0 Å². The molecule has 0 fully saturated rings. The zero-order valence-corrected chi connectivity index (χ0v) is 10.4. The molecule has 3 rings (SSSR count). The van der Waals surface area contributed by atoms with Crippen molar-refractivity contribution in [3.05, 3.63) is 29.7 Å². The molecular formula is C14H18N2. The number of nitrogens with zero attached hydrogens (tertiary/aromatic N) is 1. The number of aromatic amines is 1. The van der Waals surface area contributed by atoms with Crippen molar-refractivity contribution < 1.29 is 0 Å². The first-order chi connectivity index (χ1) is 7.40. The number of fused-ring (bicyclic) bond motifs is 2. The van der Waals surface area contributed by atoms with Gasteiger partial charge in [0.05, 0.1) is 11.2 Å². The van der Waals surface area contributed by atoms with E-state index < -0.39 is 0 Å². The molecule has 2 aromatic rings. The number of aromatic nitrogens is 2. The molecule has 0 bridgehead atoms. The molecule has 0 atom stereocenters. The standard InChI is InChI=1S/C14H18N2/c1-13(2)8-14(3,4)12-10(13)5-9-6-15-7-11(9)16-12/h5-7,15H,8H2,1-4H3. The first kappa shape index (κ1) is 9.88. The highest BCUT2D eigenvalue weighted by Gasteiger charge is 2.43. The minimum absolute atomic E-state index is 0.199. The van der Waals surface area contributed by atoms with Gasteiger partial charge in [-0.3, -0.25) is 4.98 Å². The number of pyridine rings is 1. The summed E-state index contributed by atoms with van der Waals surface area (Å²) in [4.78, 5) is 7.97. The summed E-state index contributed by atoms with van der Waals surface area (Å²) in [7, 11) is 0. The molecule has 1 aliphatic rings. The summed E-state index contributed by atoms with van der Waals surface area (Å²) < 4.78 is 0. The Balaban J connectivity index is 2.37. The lowest BCUT2D eigenvalue weighted by Gasteiger charge is -2.21. The van der Waals surface area contributed by atoms with Crippen molar-refractivity contribution >= 4 is 10.9 Å². The van der Waals surface area contributed by atoms with Gasteiger partial charge in [-0.15, -0.1) is 0 Å². The molecule has 0 aliphatic heterocycles. The van der Waals surface area contributed by atoms with E-state index in [-0.39, 0.29) is 10.8 Å². The molecule has 0 spiro atoms. The lowest BCUT2D eigenvalue weighted by atomic mass is 9.82. The lowest BCUT2D eigenvalue weighted by Crippen LogP contribution is -2.18. The Morgan fingerprint density at radius 1 is 1.12 bits per heavy atom. The predicted octanol–water partition coefficient (Wildman–Crippen LogP) is 3.52. The number of rotatable bonds is 0. The van der Waals surface area contributed by atoms with Crippen molar-refractivity contribution in [3.8, 4) is 0 Å². The average molecular weight is 214 g/mol. The van der Waals surface area contributed by atoms with Gasteiger partial charge in [-0.1, -0.05) is 27.7 Å². The van der Waals surface area contributed by atoms with Gasteiger partial charge in [0.15, 0.2) is 0 Å². The van der Waals surface area contributed by atoms with E-state index >= 15 is 0 Å². The van der Waals surface area contributed by atoms with Crippen molar-refractivity contribution in [3.63, 3.8) is 0 Å². The topological polar surface area (TPSA) is 28.7 Å². The molecule has 16 heavy (non-hydrogen) atoms. The maximum Gasteiger partial charge on any atom is 0.0880 e. The van der Waals surface area contributed by atoms with Crippen LogP contribution < -0.4 is 0 Å². The van der Waals surface area contributed by atoms with Crippen LogP contribution in [0.3, 0.4) is 0 Å². The van der Waals surface area contributed by atoms with E-state index in [1.165, 1.54) is 23.1 Å². The van der Waals surface area contributed by atoms with E-state index in [2.05, 4.69) is 38.7 Å². The molecule has 2 heterocycles. The third-order valence-electron chi connectivity index (χ3n) is 3.80.